The zero-order valence-corrected chi connectivity index (χ0v) is 21.4. The van der Waals surface area contributed by atoms with Crippen LogP contribution in [0.15, 0.2) is 48.5 Å². The van der Waals surface area contributed by atoms with Crippen LogP contribution in [0, 0.1) is 0 Å². The molecule has 2 saturated heterocycles. The number of anilines is 1. The largest absolute Gasteiger partial charge is 0.404 e. The van der Waals surface area contributed by atoms with Gasteiger partial charge in [0.05, 0.1) is 22.8 Å². The Bertz CT molecular complexity index is 1080. The average Bonchev–Trinajstić information content (AvgIpc) is 2.89. The number of piperidine rings is 2. The van der Waals surface area contributed by atoms with Gasteiger partial charge in [-0.05, 0) is 49.4 Å². The van der Waals surface area contributed by atoms with E-state index in [1.807, 2.05) is 6.07 Å². The quantitative estimate of drug-likeness (QED) is 0.562. The molecule has 1 unspecified atom stereocenters. The Morgan fingerprint density at radius 3 is 2.11 bits per heavy atom. The number of benzene rings is 2. The molecule has 2 heterocycles. The van der Waals surface area contributed by atoms with Gasteiger partial charge in [0.2, 0.25) is 5.91 Å². The number of ether oxygens (including phenoxy) is 1. The van der Waals surface area contributed by atoms with E-state index < -0.39 is 18.0 Å². The molecule has 0 aromatic heterocycles. The Hall–Kier alpha value is -2.78. The molecule has 0 radical (unpaired) electrons. The van der Waals surface area contributed by atoms with E-state index in [2.05, 4.69) is 10.2 Å². The zero-order chi connectivity index (χ0) is 26.6. The maximum absolute atomic E-state index is 13.7. The van der Waals surface area contributed by atoms with Gasteiger partial charge in [-0.25, -0.2) is 0 Å². The third-order valence-electron chi connectivity index (χ3n) is 7.08. The molecular weight excluding hydrogens is 507 g/mol. The molecule has 37 heavy (non-hydrogen) atoms. The normalized spacial score (nSPS) is 18.5. The molecule has 200 valence electrons. The predicted octanol–water partition coefficient (Wildman–Crippen LogP) is 5.02. The van der Waals surface area contributed by atoms with Gasteiger partial charge in [-0.2, -0.15) is 13.2 Å². The highest BCUT2D eigenvalue weighted by Gasteiger charge is 2.48. The Kier molecular flexibility index (Phi) is 8.64. The van der Waals surface area contributed by atoms with Crippen LogP contribution in [0.4, 0.5) is 18.9 Å². The first-order valence-corrected chi connectivity index (χ1v) is 12.9. The monoisotopic (exact) mass is 537 g/mol. The number of halogens is 4. The second-order valence-electron chi connectivity index (χ2n) is 9.48. The van der Waals surface area contributed by atoms with Gasteiger partial charge in [0, 0.05) is 38.9 Å². The minimum Gasteiger partial charge on any atom is -0.375 e. The number of carbonyl (C=O) groups is 2. The van der Waals surface area contributed by atoms with Gasteiger partial charge in [-0.3, -0.25) is 9.59 Å². The summed E-state index contributed by atoms with van der Waals surface area (Å²) < 4.78 is 47.5. The van der Waals surface area contributed by atoms with E-state index in [1.165, 1.54) is 29.2 Å². The lowest BCUT2D eigenvalue weighted by Crippen LogP contribution is -2.47. The summed E-state index contributed by atoms with van der Waals surface area (Å²) >= 11 is 6.29. The van der Waals surface area contributed by atoms with Crippen LogP contribution in [0.5, 0.6) is 0 Å². The van der Waals surface area contributed by atoms with E-state index in [9.17, 15) is 22.8 Å². The fourth-order valence-electron chi connectivity index (χ4n) is 5.05. The number of hydrogen-bond donors (Lipinski definition) is 1. The Labute approximate surface area is 219 Å². The van der Waals surface area contributed by atoms with Crippen molar-refractivity contribution in [2.24, 2.45) is 0 Å². The van der Waals surface area contributed by atoms with Crippen LogP contribution in [0.1, 0.15) is 47.5 Å². The highest BCUT2D eigenvalue weighted by Crippen LogP contribution is 2.37. The van der Waals surface area contributed by atoms with Gasteiger partial charge < -0.3 is 19.9 Å². The summed E-state index contributed by atoms with van der Waals surface area (Å²) in [5, 5.41) is 2.97. The van der Waals surface area contributed by atoms with Crippen LogP contribution in [0.3, 0.4) is 0 Å². The molecule has 2 fully saturated rings. The van der Waals surface area contributed by atoms with E-state index in [-0.39, 0.29) is 36.8 Å². The van der Waals surface area contributed by atoms with Crippen LogP contribution in [-0.2, 0) is 9.53 Å². The summed E-state index contributed by atoms with van der Waals surface area (Å²) in [5.41, 5.74) is 1.34. The van der Waals surface area contributed by atoms with Crippen LogP contribution < -0.4 is 10.2 Å². The maximum Gasteiger partial charge on any atom is 0.404 e. The van der Waals surface area contributed by atoms with Crippen molar-refractivity contribution in [3.05, 3.63) is 64.7 Å². The first kappa shape index (κ1) is 27.3. The van der Waals surface area contributed by atoms with Crippen LogP contribution in [-0.4, -0.2) is 68.3 Å². The van der Waals surface area contributed by atoms with Crippen LogP contribution >= 0.6 is 11.6 Å². The third-order valence-corrected chi connectivity index (χ3v) is 7.39. The lowest BCUT2D eigenvalue weighted by Gasteiger charge is -2.38. The van der Waals surface area contributed by atoms with E-state index in [0.29, 0.717) is 23.4 Å². The minimum atomic E-state index is -4.65. The molecule has 1 N–H and O–H groups in total. The van der Waals surface area contributed by atoms with Crippen molar-refractivity contribution in [1.29, 1.82) is 0 Å². The smallest absolute Gasteiger partial charge is 0.375 e. The molecule has 6 nitrogen and oxygen atoms in total. The van der Waals surface area contributed by atoms with Gasteiger partial charge >= 0.3 is 6.18 Å². The Morgan fingerprint density at radius 1 is 0.973 bits per heavy atom. The lowest BCUT2D eigenvalue weighted by molar-refractivity contribution is -0.173. The van der Waals surface area contributed by atoms with Gasteiger partial charge in [0.1, 0.15) is 0 Å². The van der Waals surface area contributed by atoms with E-state index in [0.717, 1.165) is 31.6 Å². The summed E-state index contributed by atoms with van der Waals surface area (Å²) in [6.07, 6.45) is -2.04. The second-order valence-corrected chi connectivity index (χ2v) is 9.88. The van der Waals surface area contributed by atoms with E-state index >= 15 is 0 Å². The number of likely N-dealkylation sites (tertiary alicyclic amines) is 1. The van der Waals surface area contributed by atoms with Crippen molar-refractivity contribution in [1.82, 2.24) is 10.2 Å². The van der Waals surface area contributed by atoms with Crippen molar-refractivity contribution in [2.75, 3.05) is 38.1 Å². The van der Waals surface area contributed by atoms with Crippen molar-refractivity contribution < 1.29 is 27.5 Å². The molecule has 2 amide bonds. The molecule has 0 aliphatic carbocycles. The first-order valence-electron chi connectivity index (χ1n) is 12.5. The molecule has 0 bridgehead atoms. The van der Waals surface area contributed by atoms with E-state index in [4.69, 9.17) is 16.3 Å². The van der Waals surface area contributed by atoms with Gasteiger partial charge in [0.25, 0.3) is 5.91 Å². The Morgan fingerprint density at radius 2 is 1.57 bits per heavy atom. The maximum atomic E-state index is 13.7. The number of nitrogens with zero attached hydrogens (tertiary/aromatic N) is 2. The lowest BCUT2D eigenvalue weighted by atomic mass is 9.95. The molecular formula is C27H31ClF3N3O3. The van der Waals surface area contributed by atoms with Gasteiger partial charge in [-0.1, -0.05) is 41.9 Å². The number of hydrogen-bond acceptors (Lipinski definition) is 4. The fourth-order valence-corrected chi connectivity index (χ4v) is 5.31. The van der Waals surface area contributed by atoms with Crippen molar-refractivity contribution in [3.8, 4) is 0 Å². The third kappa shape index (κ3) is 6.57. The number of amides is 2. The minimum absolute atomic E-state index is 0.0327. The molecule has 2 aromatic carbocycles. The van der Waals surface area contributed by atoms with Gasteiger partial charge in [0.15, 0.2) is 5.92 Å². The summed E-state index contributed by atoms with van der Waals surface area (Å²) in [4.78, 5) is 28.2. The van der Waals surface area contributed by atoms with Crippen molar-refractivity contribution in [2.45, 2.75) is 50.0 Å². The predicted molar refractivity (Wildman–Crippen MR) is 136 cm³/mol. The van der Waals surface area contributed by atoms with E-state index in [1.54, 1.807) is 25.2 Å². The van der Waals surface area contributed by atoms with Crippen molar-refractivity contribution in [3.63, 3.8) is 0 Å². The highest BCUT2D eigenvalue weighted by molar-refractivity contribution is 6.34. The topological polar surface area (TPSA) is 61.9 Å². The standard InChI is InChI=1S/C27H31ClF3N3O3/c1-32-25(35)22-8-7-19(17-23(22)28)33-13-9-20(10-14-33)37-21-11-15-34(16-12-21)26(36)24(27(29,30)31)18-5-3-2-4-6-18/h2-8,17,20-21,24H,9-16H2,1H3,(H,32,35). The average molecular weight is 538 g/mol. The molecule has 2 aliphatic heterocycles. The number of nitrogens with one attached hydrogen (secondary N) is 1. The highest BCUT2D eigenvalue weighted by atomic mass is 35.5. The summed E-state index contributed by atoms with van der Waals surface area (Å²) in [7, 11) is 1.56. The SMILES string of the molecule is CNC(=O)c1ccc(N2CCC(OC3CCN(C(=O)C(c4ccccc4)C(F)(F)F)CC3)CC2)cc1Cl. The molecule has 1 atom stereocenters. The Balaban J connectivity index is 1.27. The number of carbonyl (C=O) groups excluding carboxylic acids is 2. The number of rotatable bonds is 6. The molecule has 0 spiro atoms. The van der Waals surface area contributed by atoms with Crippen LogP contribution in [0.2, 0.25) is 5.02 Å². The summed E-state index contributed by atoms with van der Waals surface area (Å²) in [6.45, 7) is 2.03. The molecule has 2 aliphatic rings. The van der Waals surface area contributed by atoms with Crippen LogP contribution in [0.25, 0.3) is 0 Å². The zero-order valence-electron chi connectivity index (χ0n) is 20.6. The molecule has 0 saturated carbocycles. The second kappa shape index (κ2) is 11.7. The summed E-state index contributed by atoms with van der Waals surface area (Å²) in [6, 6.07) is 12.8. The fraction of sp³-hybridized carbons (Fsp3) is 0.481. The molecule has 4 rings (SSSR count). The molecule has 2 aromatic rings. The molecule has 10 heteroatoms. The first-order chi connectivity index (χ1) is 17.7. The van der Waals surface area contributed by atoms with Gasteiger partial charge in [-0.15, -0.1) is 0 Å². The number of alkyl halides is 3. The summed E-state index contributed by atoms with van der Waals surface area (Å²) in [5.74, 6) is -3.27. The van der Waals surface area contributed by atoms with Crippen molar-refractivity contribution >= 4 is 29.1 Å².